The molecule has 1 aromatic carbocycles. The number of hydrogen-bond acceptors (Lipinski definition) is 7. The summed E-state index contributed by atoms with van der Waals surface area (Å²) in [6, 6.07) is 12.2. The monoisotopic (exact) mass is 623 g/mol. The molecule has 1 amide bonds. The van der Waals surface area contributed by atoms with Gasteiger partial charge >= 0.3 is 0 Å². The van der Waals surface area contributed by atoms with Crippen LogP contribution in [0.2, 0.25) is 0 Å². The summed E-state index contributed by atoms with van der Waals surface area (Å²) in [5.74, 6) is -0.415. The van der Waals surface area contributed by atoms with Crippen molar-refractivity contribution in [1.82, 2.24) is 30.1 Å². The van der Waals surface area contributed by atoms with E-state index in [1.54, 1.807) is 24.8 Å². The molecule has 1 saturated carbocycles. The summed E-state index contributed by atoms with van der Waals surface area (Å²) in [5, 5.41) is 12.0. The number of nitrogens with one attached hydrogen (secondary N) is 3. The minimum atomic E-state index is -3.19. The second-order valence-electron chi connectivity index (χ2n) is 11.7. The number of carbonyl (C=O) groups is 1. The highest BCUT2D eigenvalue weighted by atomic mass is 32.2. The molecular weight excluding hydrogens is 593 g/mol. The van der Waals surface area contributed by atoms with Gasteiger partial charge in [-0.1, -0.05) is 18.9 Å². The Balaban J connectivity index is 1.22. The van der Waals surface area contributed by atoms with Gasteiger partial charge in [0.15, 0.2) is 5.65 Å². The van der Waals surface area contributed by atoms with Crippen molar-refractivity contribution in [3.05, 3.63) is 78.6 Å². The van der Waals surface area contributed by atoms with E-state index in [1.165, 1.54) is 18.4 Å². The van der Waals surface area contributed by atoms with Crippen LogP contribution in [0.5, 0.6) is 0 Å². The molecule has 0 bridgehead atoms. The lowest BCUT2D eigenvalue weighted by Gasteiger charge is -2.11. The number of hydrogen-bond donors (Lipinski definition) is 3. The Bertz CT molecular complexity index is 2190. The van der Waals surface area contributed by atoms with Crippen molar-refractivity contribution in [2.75, 3.05) is 17.3 Å². The van der Waals surface area contributed by atoms with E-state index in [2.05, 4.69) is 35.5 Å². The Morgan fingerprint density at radius 2 is 1.80 bits per heavy atom. The Labute approximate surface area is 258 Å². The van der Waals surface area contributed by atoms with Crippen LogP contribution in [-0.4, -0.2) is 56.5 Å². The van der Waals surface area contributed by atoms with Crippen molar-refractivity contribution >= 4 is 43.5 Å². The zero-order chi connectivity index (χ0) is 31.1. The van der Waals surface area contributed by atoms with E-state index < -0.39 is 15.7 Å². The molecule has 12 heteroatoms. The fourth-order valence-electron chi connectivity index (χ4n) is 6.03. The third-order valence-corrected chi connectivity index (χ3v) is 9.25. The number of benzene rings is 1. The number of anilines is 1. The smallest absolute Gasteiger partial charge is 0.227 e. The zero-order valence-electron chi connectivity index (χ0n) is 24.5. The standard InChI is InChI=1S/C33H30FN7O3S/c1-45(43,44)9-7-19-10-21(12-24(34)11-19)26-6-8-36-31-27(26)15-29(39-31)30-28-14-23(17-37-32(28)41-40-30)22-13-25(18-35-16-22)38-33(42)20-4-2-3-5-20/h6,8,10-18,20H,2-5,7,9H2,1H3,(H,36,39)(H,38,42)(H,37,40,41). The fraction of sp³-hybridized carbons (Fsp3) is 0.242. The van der Waals surface area contributed by atoms with Gasteiger partial charge in [0.2, 0.25) is 5.91 Å². The van der Waals surface area contributed by atoms with Gasteiger partial charge in [0.05, 0.1) is 29.0 Å². The van der Waals surface area contributed by atoms with E-state index in [0.717, 1.165) is 58.8 Å². The number of carbonyl (C=O) groups excluding carboxylic acids is 1. The number of sulfone groups is 1. The predicted octanol–water partition coefficient (Wildman–Crippen LogP) is 6.09. The number of fused-ring (bicyclic) bond motifs is 2. The number of halogens is 1. The number of rotatable bonds is 8. The fourth-order valence-corrected chi connectivity index (χ4v) is 6.63. The molecule has 5 heterocycles. The van der Waals surface area contributed by atoms with Crippen LogP contribution in [0.25, 0.3) is 55.7 Å². The molecule has 6 aromatic rings. The van der Waals surface area contributed by atoms with Gasteiger partial charge in [-0.25, -0.2) is 22.8 Å². The molecule has 0 saturated heterocycles. The lowest BCUT2D eigenvalue weighted by molar-refractivity contribution is -0.119. The Morgan fingerprint density at radius 1 is 0.978 bits per heavy atom. The van der Waals surface area contributed by atoms with Gasteiger partial charge in [0.1, 0.15) is 21.3 Å². The minimum Gasteiger partial charge on any atom is -0.338 e. The molecular formula is C33H30FN7O3S. The first-order valence-electron chi connectivity index (χ1n) is 14.8. The van der Waals surface area contributed by atoms with Crippen molar-refractivity contribution in [3.8, 4) is 33.6 Å². The van der Waals surface area contributed by atoms with Crippen LogP contribution in [0, 0.1) is 11.7 Å². The van der Waals surface area contributed by atoms with Crippen LogP contribution >= 0.6 is 0 Å². The van der Waals surface area contributed by atoms with Crippen molar-refractivity contribution < 1.29 is 17.6 Å². The van der Waals surface area contributed by atoms with Crippen LogP contribution in [0.15, 0.2) is 67.3 Å². The molecule has 0 aliphatic heterocycles. The first-order valence-corrected chi connectivity index (χ1v) is 16.8. The number of nitrogens with zero attached hydrogens (tertiary/aromatic N) is 4. The highest BCUT2D eigenvalue weighted by molar-refractivity contribution is 7.90. The Hall–Kier alpha value is -4.97. The molecule has 10 nitrogen and oxygen atoms in total. The molecule has 0 radical (unpaired) electrons. The second kappa shape index (κ2) is 11.5. The number of aromatic amines is 2. The first-order chi connectivity index (χ1) is 21.7. The molecule has 1 aliphatic rings. The average molecular weight is 624 g/mol. The van der Waals surface area contributed by atoms with Gasteiger partial charge in [-0.3, -0.25) is 14.9 Å². The van der Waals surface area contributed by atoms with E-state index in [0.29, 0.717) is 33.8 Å². The summed E-state index contributed by atoms with van der Waals surface area (Å²) in [4.78, 5) is 29.4. The molecule has 0 atom stereocenters. The SMILES string of the molecule is CS(=O)(=O)CCc1cc(F)cc(-c2ccnc3[nH]c(-c4[nH]nc5ncc(-c6cncc(NC(=O)C7CCCC7)c6)cc45)cc23)c1. The van der Waals surface area contributed by atoms with Gasteiger partial charge < -0.3 is 10.3 Å². The van der Waals surface area contributed by atoms with E-state index in [-0.39, 0.29) is 24.0 Å². The maximum Gasteiger partial charge on any atom is 0.227 e. The quantitative estimate of drug-likeness (QED) is 0.186. The summed E-state index contributed by atoms with van der Waals surface area (Å²) >= 11 is 0. The van der Waals surface area contributed by atoms with Crippen LogP contribution in [0.1, 0.15) is 31.2 Å². The summed E-state index contributed by atoms with van der Waals surface area (Å²) in [6.45, 7) is 0. The molecule has 1 aliphatic carbocycles. The Morgan fingerprint density at radius 3 is 2.62 bits per heavy atom. The minimum absolute atomic E-state index is 0.0345. The molecule has 3 N–H and O–H groups in total. The highest BCUT2D eigenvalue weighted by Gasteiger charge is 2.23. The summed E-state index contributed by atoms with van der Waals surface area (Å²) < 4.78 is 38.0. The van der Waals surface area contributed by atoms with Crippen LogP contribution in [0.4, 0.5) is 10.1 Å². The van der Waals surface area contributed by atoms with Gasteiger partial charge in [-0.05, 0) is 72.4 Å². The normalized spacial score (nSPS) is 14.0. The van der Waals surface area contributed by atoms with Crippen LogP contribution < -0.4 is 5.32 Å². The number of aryl methyl sites for hydroxylation is 1. The predicted molar refractivity (Wildman–Crippen MR) is 172 cm³/mol. The van der Waals surface area contributed by atoms with E-state index in [1.807, 2.05) is 30.3 Å². The summed E-state index contributed by atoms with van der Waals surface area (Å²) in [6.07, 6.45) is 12.1. The summed E-state index contributed by atoms with van der Waals surface area (Å²) in [7, 11) is -3.19. The topological polar surface area (TPSA) is 146 Å². The van der Waals surface area contributed by atoms with Gasteiger partial charge in [0, 0.05) is 52.7 Å². The molecule has 45 heavy (non-hydrogen) atoms. The lowest BCUT2D eigenvalue weighted by Crippen LogP contribution is -2.20. The van der Waals surface area contributed by atoms with Crippen molar-refractivity contribution in [2.24, 2.45) is 5.92 Å². The molecule has 0 unspecified atom stereocenters. The van der Waals surface area contributed by atoms with Gasteiger partial charge in [-0.15, -0.1) is 0 Å². The number of pyridine rings is 3. The number of aromatic nitrogens is 6. The zero-order valence-corrected chi connectivity index (χ0v) is 25.3. The largest absolute Gasteiger partial charge is 0.338 e. The number of amides is 1. The molecule has 228 valence electrons. The van der Waals surface area contributed by atoms with Crippen LogP contribution in [-0.2, 0) is 21.1 Å². The molecule has 1 fully saturated rings. The maximum absolute atomic E-state index is 14.7. The number of H-pyrrole nitrogens is 2. The third kappa shape index (κ3) is 6.05. The van der Waals surface area contributed by atoms with Gasteiger partial charge in [0.25, 0.3) is 0 Å². The lowest BCUT2D eigenvalue weighted by atomic mass is 10.00. The third-order valence-electron chi connectivity index (χ3n) is 8.31. The van der Waals surface area contributed by atoms with E-state index in [9.17, 15) is 17.6 Å². The molecule has 5 aromatic heterocycles. The van der Waals surface area contributed by atoms with E-state index in [4.69, 9.17) is 0 Å². The second-order valence-corrected chi connectivity index (χ2v) is 13.9. The molecule has 0 spiro atoms. The van der Waals surface area contributed by atoms with Crippen molar-refractivity contribution in [2.45, 2.75) is 32.1 Å². The van der Waals surface area contributed by atoms with Crippen molar-refractivity contribution in [3.63, 3.8) is 0 Å². The highest BCUT2D eigenvalue weighted by Crippen LogP contribution is 2.35. The van der Waals surface area contributed by atoms with E-state index >= 15 is 0 Å². The van der Waals surface area contributed by atoms with Crippen molar-refractivity contribution in [1.29, 1.82) is 0 Å². The Kier molecular flexibility index (Phi) is 7.36. The maximum atomic E-state index is 14.7. The molecule has 7 rings (SSSR count). The van der Waals surface area contributed by atoms with Gasteiger partial charge in [-0.2, -0.15) is 5.10 Å². The average Bonchev–Trinajstić information content (AvgIpc) is 3.79. The summed E-state index contributed by atoms with van der Waals surface area (Å²) in [5.41, 5.74) is 6.80. The van der Waals surface area contributed by atoms with Crippen LogP contribution in [0.3, 0.4) is 0 Å². The first kappa shape index (κ1) is 28.8.